The van der Waals surface area contributed by atoms with Crippen LogP contribution in [0.3, 0.4) is 0 Å². The summed E-state index contributed by atoms with van der Waals surface area (Å²) in [5.74, 6) is 0. The van der Waals surface area contributed by atoms with Gasteiger partial charge in [-0.25, -0.2) is 13.4 Å². The van der Waals surface area contributed by atoms with Crippen LogP contribution in [0.4, 0.5) is 0 Å². The molecule has 16 heavy (non-hydrogen) atoms. The van der Waals surface area contributed by atoms with Gasteiger partial charge in [-0.05, 0) is 12.8 Å². The molecule has 7 heteroatoms. The molecule has 0 bridgehead atoms. The van der Waals surface area contributed by atoms with Gasteiger partial charge in [0.1, 0.15) is 0 Å². The predicted molar refractivity (Wildman–Crippen MR) is 58.0 cm³/mol. The molecule has 2 heterocycles. The van der Waals surface area contributed by atoms with Crippen LogP contribution in [0, 0.1) is 0 Å². The summed E-state index contributed by atoms with van der Waals surface area (Å²) in [7, 11) is -3.52. The molecule has 1 saturated heterocycles. The van der Waals surface area contributed by atoms with Crippen molar-refractivity contribution in [3.05, 3.63) is 18.6 Å². The fraction of sp³-hybridized carbons (Fsp3) is 0.556. The molecular formula is C9H14N4O2S. The van der Waals surface area contributed by atoms with Crippen LogP contribution in [-0.2, 0) is 10.0 Å². The largest absolute Gasteiger partial charge is 0.327 e. The third-order valence-electron chi connectivity index (χ3n) is 2.56. The molecule has 1 aliphatic heterocycles. The molecule has 0 saturated carbocycles. The Bertz CT molecular complexity index is 448. The van der Waals surface area contributed by atoms with E-state index in [0.717, 1.165) is 12.8 Å². The monoisotopic (exact) mass is 242 g/mol. The predicted octanol–water partition coefficient (Wildman–Crippen LogP) is -0.412. The van der Waals surface area contributed by atoms with E-state index < -0.39 is 10.0 Å². The molecule has 6 nitrogen and oxygen atoms in total. The van der Waals surface area contributed by atoms with Crippen molar-refractivity contribution in [2.24, 2.45) is 5.73 Å². The standard InChI is InChI=1S/C9H14N4O2S/c10-8-2-1-5-13(7-8)16(14,15)9-6-11-3-4-12-9/h3-4,6,8H,1-2,5,7,10H2/t8-/m0/s1. The average molecular weight is 242 g/mol. The molecule has 0 aliphatic carbocycles. The molecule has 2 N–H and O–H groups in total. The molecule has 88 valence electrons. The van der Waals surface area contributed by atoms with Crippen molar-refractivity contribution >= 4 is 10.0 Å². The molecule has 1 aromatic heterocycles. The summed E-state index contributed by atoms with van der Waals surface area (Å²) < 4.78 is 25.6. The van der Waals surface area contributed by atoms with Gasteiger partial charge in [0.15, 0.2) is 5.03 Å². The minimum Gasteiger partial charge on any atom is -0.327 e. The Labute approximate surface area is 94.6 Å². The number of aromatic nitrogens is 2. The van der Waals surface area contributed by atoms with Gasteiger partial charge in [-0.2, -0.15) is 4.31 Å². The number of piperidine rings is 1. The van der Waals surface area contributed by atoms with Crippen LogP contribution in [0.5, 0.6) is 0 Å². The zero-order valence-corrected chi connectivity index (χ0v) is 9.60. The fourth-order valence-electron chi connectivity index (χ4n) is 1.74. The number of hydrogen-bond donors (Lipinski definition) is 1. The van der Waals surface area contributed by atoms with E-state index in [1.54, 1.807) is 0 Å². The van der Waals surface area contributed by atoms with Crippen molar-refractivity contribution in [2.45, 2.75) is 23.9 Å². The Balaban J connectivity index is 2.26. The number of rotatable bonds is 2. The maximum atomic E-state index is 12.1. The van der Waals surface area contributed by atoms with Gasteiger partial charge in [0.05, 0.1) is 6.20 Å². The van der Waals surface area contributed by atoms with E-state index in [1.807, 2.05) is 0 Å². The van der Waals surface area contributed by atoms with E-state index >= 15 is 0 Å². The van der Waals surface area contributed by atoms with Crippen LogP contribution in [0.1, 0.15) is 12.8 Å². The second kappa shape index (κ2) is 4.44. The first kappa shape index (κ1) is 11.4. The summed E-state index contributed by atoms with van der Waals surface area (Å²) in [6.45, 7) is 0.867. The number of nitrogens with zero attached hydrogens (tertiary/aromatic N) is 3. The van der Waals surface area contributed by atoms with E-state index in [-0.39, 0.29) is 11.1 Å². The van der Waals surface area contributed by atoms with Crippen molar-refractivity contribution in [1.29, 1.82) is 0 Å². The van der Waals surface area contributed by atoms with Gasteiger partial charge < -0.3 is 5.73 Å². The topological polar surface area (TPSA) is 89.2 Å². The van der Waals surface area contributed by atoms with Gasteiger partial charge in [-0.3, -0.25) is 4.98 Å². The molecule has 1 aromatic rings. The third-order valence-corrected chi connectivity index (χ3v) is 4.32. The van der Waals surface area contributed by atoms with E-state index in [2.05, 4.69) is 9.97 Å². The van der Waals surface area contributed by atoms with Crippen LogP contribution < -0.4 is 5.73 Å². The highest BCUT2D eigenvalue weighted by atomic mass is 32.2. The fourth-order valence-corrected chi connectivity index (χ4v) is 3.15. The van der Waals surface area contributed by atoms with Crippen LogP contribution in [0.2, 0.25) is 0 Å². The second-order valence-corrected chi connectivity index (χ2v) is 5.69. The summed E-state index contributed by atoms with van der Waals surface area (Å²) in [6, 6.07) is -0.0832. The van der Waals surface area contributed by atoms with Gasteiger partial charge in [0, 0.05) is 31.5 Å². The number of nitrogens with two attached hydrogens (primary N) is 1. The Morgan fingerprint density at radius 2 is 2.25 bits per heavy atom. The van der Waals surface area contributed by atoms with Gasteiger partial charge in [0.2, 0.25) is 0 Å². The zero-order valence-electron chi connectivity index (χ0n) is 8.78. The normalized spacial score (nSPS) is 23.2. The minimum atomic E-state index is -3.52. The van der Waals surface area contributed by atoms with Crippen LogP contribution >= 0.6 is 0 Å². The lowest BCUT2D eigenvalue weighted by atomic mass is 10.1. The molecule has 0 radical (unpaired) electrons. The lowest BCUT2D eigenvalue weighted by molar-refractivity contribution is 0.315. The Hall–Kier alpha value is -1.05. The van der Waals surface area contributed by atoms with Crippen molar-refractivity contribution in [3.63, 3.8) is 0 Å². The quantitative estimate of drug-likeness (QED) is 0.761. The Kier molecular flexibility index (Phi) is 3.17. The lowest BCUT2D eigenvalue weighted by Gasteiger charge is -2.29. The summed E-state index contributed by atoms with van der Waals surface area (Å²) in [5.41, 5.74) is 5.76. The van der Waals surface area contributed by atoms with Crippen LogP contribution in [-0.4, -0.2) is 41.8 Å². The minimum absolute atomic E-state index is 0.0101. The van der Waals surface area contributed by atoms with Crippen LogP contribution in [0.25, 0.3) is 0 Å². The molecule has 0 aromatic carbocycles. The van der Waals surface area contributed by atoms with E-state index in [1.165, 1.54) is 22.9 Å². The van der Waals surface area contributed by atoms with Gasteiger partial charge >= 0.3 is 0 Å². The summed E-state index contributed by atoms with van der Waals surface area (Å²) >= 11 is 0. The highest BCUT2D eigenvalue weighted by Crippen LogP contribution is 2.17. The summed E-state index contributed by atoms with van der Waals surface area (Å²) in [6.07, 6.45) is 5.74. The van der Waals surface area contributed by atoms with E-state index in [9.17, 15) is 8.42 Å². The van der Waals surface area contributed by atoms with Crippen LogP contribution in [0.15, 0.2) is 23.6 Å². The average Bonchev–Trinajstić information content (AvgIpc) is 2.30. The molecule has 1 aliphatic rings. The first-order chi connectivity index (χ1) is 7.60. The maximum absolute atomic E-state index is 12.1. The van der Waals surface area contributed by atoms with E-state index in [0.29, 0.717) is 13.1 Å². The molecule has 1 fully saturated rings. The maximum Gasteiger partial charge on any atom is 0.262 e. The van der Waals surface area contributed by atoms with Gasteiger partial charge in [0.25, 0.3) is 10.0 Å². The van der Waals surface area contributed by atoms with Gasteiger partial charge in [-0.15, -0.1) is 0 Å². The van der Waals surface area contributed by atoms with Crippen molar-refractivity contribution in [3.8, 4) is 0 Å². The summed E-state index contributed by atoms with van der Waals surface area (Å²) in [4.78, 5) is 7.58. The molecular weight excluding hydrogens is 228 g/mol. The number of sulfonamides is 1. The van der Waals surface area contributed by atoms with Crippen molar-refractivity contribution < 1.29 is 8.42 Å². The Morgan fingerprint density at radius 3 is 2.88 bits per heavy atom. The molecule has 0 unspecified atom stereocenters. The SMILES string of the molecule is N[C@H]1CCCN(S(=O)(=O)c2cnccn2)C1. The molecule has 2 rings (SSSR count). The van der Waals surface area contributed by atoms with Gasteiger partial charge in [-0.1, -0.05) is 0 Å². The van der Waals surface area contributed by atoms with Crippen molar-refractivity contribution in [1.82, 2.24) is 14.3 Å². The third kappa shape index (κ3) is 2.21. The number of hydrogen-bond acceptors (Lipinski definition) is 5. The molecule has 0 amide bonds. The Morgan fingerprint density at radius 1 is 1.44 bits per heavy atom. The molecule has 1 atom stereocenters. The molecule has 0 spiro atoms. The lowest BCUT2D eigenvalue weighted by Crippen LogP contribution is -2.45. The smallest absolute Gasteiger partial charge is 0.262 e. The summed E-state index contributed by atoms with van der Waals surface area (Å²) in [5, 5.41) is -0.0101. The zero-order chi connectivity index (χ0) is 11.6. The van der Waals surface area contributed by atoms with Crippen molar-refractivity contribution in [2.75, 3.05) is 13.1 Å². The second-order valence-electron chi connectivity index (χ2n) is 3.81. The van der Waals surface area contributed by atoms with E-state index in [4.69, 9.17) is 5.73 Å². The first-order valence-corrected chi connectivity index (χ1v) is 6.56. The first-order valence-electron chi connectivity index (χ1n) is 5.12. The highest BCUT2D eigenvalue weighted by Gasteiger charge is 2.29. The highest BCUT2D eigenvalue weighted by molar-refractivity contribution is 7.89.